The molecule has 0 aliphatic rings. The molecule has 0 saturated carbocycles. The molecule has 0 bridgehead atoms. The first-order valence-corrected chi connectivity index (χ1v) is 6.01. The van der Waals surface area contributed by atoms with E-state index in [0.29, 0.717) is 5.56 Å². The second-order valence-corrected chi connectivity index (χ2v) is 4.48. The van der Waals surface area contributed by atoms with E-state index in [4.69, 9.17) is 5.11 Å². The van der Waals surface area contributed by atoms with Crippen LogP contribution < -0.4 is 5.32 Å². The van der Waals surface area contributed by atoms with Crippen LogP contribution in [0.5, 0.6) is 0 Å². The first-order chi connectivity index (χ1) is 9.25. The Balaban J connectivity index is 2.95. The van der Waals surface area contributed by atoms with Gasteiger partial charge in [-0.2, -0.15) is 13.2 Å². The van der Waals surface area contributed by atoms with Crippen molar-refractivity contribution in [1.29, 1.82) is 0 Å². The summed E-state index contributed by atoms with van der Waals surface area (Å²) in [5.74, 6) is 0. The van der Waals surface area contributed by atoms with E-state index in [0.717, 1.165) is 4.90 Å². The molecule has 0 spiro atoms. The number of likely N-dealkylation sites (N-methyl/N-ethyl adjacent to an activating group) is 1. The average molecular weight is 290 g/mol. The van der Waals surface area contributed by atoms with E-state index in [9.17, 15) is 18.0 Å². The largest absolute Gasteiger partial charge is 0.412 e. The van der Waals surface area contributed by atoms with Crippen LogP contribution in [0.25, 0.3) is 0 Å². The molecule has 112 valence electrons. The summed E-state index contributed by atoms with van der Waals surface area (Å²) >= 11 is 0. The first kappa shape index (κ1) is 16.3. The average Bonchev–Trinajstić information content (AvgIpc) is 2.34. The molecular formula is C13H17F3N2O2. The van der Waals surface area contributed by atoms with E-state index >= 15 is 0 Å². The smallest absolute Gasteiger partial charge is 0.395 e. The Kier molecular flexibility index (Phi) is 5.38. The first-order valence-electron chi connectivity index (χ1n) is 6.01. The van der Waals surface area contributed by atoms with Crippen molar-refractivity contribution in [3.63, 3.8) is 0 Å². The van der Waals surface area contributed by atoms with Crippen molar-refractivity contribution >= 4 is 6.03 Å². The maximum Gasteiger partial charge on any atom is 0.412 e. The summed E-state index contributed by atoms with van der Waals surface area (Å²) in [6.45, 7) is 1.33. The van der Waals surface area contributed by atoms with Crippen LogP contribution in [-0.4, -0.2) is 42.4 Å². The van der Waals surface area contributed by atoms with Crippen LogP contribution in [0.15, 0.2) is 24.3 Å². The second kappa shape index (κ2) is 6.60. The molecule has 0 aromatic heterocycles. The Hall–Kier alpha value is -1.76. The number of hydrogen-bond acceptors (Lipinski definition) is 2. The third kappa shape index (κ3) is 4.41. The summed E-state index contributed by atoms with van der Waals surface area (Å²) in [5, 5.41) is 10.6. The number of urea groups is 1. The number of hydrogen-bond donors (Lipinski definition) is 2. The fourth-order valence-corrected chi connectivity index (χ4v) is 1.69. The van der Waals surface area contributed by atoms with E-state index < -0.39 is 18.2 Å². The summed E-state index contributed by atoms with van der Waals surface area (Å²) in [6, 6.07) is 2.92. The molecule has 1 unspecified atom stereocenters. The Morgan fingerprint density at radius 1 is 1.45 bits per heavy atom. The van der Waals surface area contributed by atoms with E-state index in [1.807, 2.05) is 5.32 Å². The number of nitrogens with zero attached hydrogens (tertiary/aromatic N) is 1. The lowest BCUT2D eigenvalue weighted by molar-refractivity contribution is -0.155. The molecule has 0 saturated heterocycles. The topological polar surface area (TPSA) is 52.6 Å². The fourth-order valence-electron chi connectivity index (χ4n) is 1.69. The van der Waals surface area contributed by atoms with Gasteiger partial charge in [0.2, 0.25) is 0 Å². The molecule has 0 heterocycles. The quantitative estimate of drug-likeness (QED) is 0.893. The molecule has 1 aromatic carbocycles. The number of rotatable bonds is 4. The van der Waals surface area contributed by atoms with Gasteiger partial charge in [0.15, 0.2) is 6.04 Å². The number of carbonyl (C=O) groups excluding carboxylic acids is 1. The highest BCUT2D eigenvalue weighted by molar-refractivity contribution is 5.74. The maximum atomic E-state index is 13.1. The molecule has 0 radical (unpaired) electrons. The number of halogens is 3. The minimum Gasteiger partial charge on any atom is -0.395 e. The number of amides is 2. The van der Waals surface area contributed by atoms with Crippen LogP contribution in [0.4, 0.5) is 18.0 Å². The predicted molar refractivity (Wildman–Crippen MR) is 68.2 cm³/mol. The third-order valence-corrected chi connectivity index (χ3v) is 2.75. The molecule has 0 aliphatic carbocycles. The number of carbonyl (C=O) groups is 1. The van der Waals surface area contributed by atoms with Crippen molar-refractivity contribution in [2.75, 3.05) is 20.2 Å². The Morgan fingerprint density at radius 2 is 2.10 bits per heavy atom. The molecule has 20 heavy (non-hydrogen) atoms. The van der Waals surface area contributed by atoms with Gasteiger partial charge in [0.25, 0.3) is 0 Å². The van der Waals surface area contributed by atoms with Crippen molar-refractivity contribution in [3.05, 3.63) is 35.4 Å². The van der Waals surface area contributed by atoms with Crippen LogP contribution in [0.3, 0.4) is 0 Å². The molecular weight excluding hydrogens is 273 g/mol. The summed E-state index contributed by atoms with van der Waals surface area (Å²) < 4.78 is 39.2. The number of aryl methyl sites for hydroxylation is 1. The number of aliphatic hydroxyl groups excluding tert-OH is 1. The van der Waals surface area contributed by atoms with E-state index in [1.165, 1.54) is 25.2 Å². The van der Waals surface area contributed by atoms with Crippen molar-refractivity contribution < 1.29 is 23.1 Å². The van der Waals surface area contributed by atoms with Gasteiger partial charge in [-0.05, 0) is 12.5 Å². The van der Waals surface area contributed by atoms with Crippen LogP contribution in [-0.2, 0) is 0 Å². The lowest BCUT2D eigenvalue weighted by Crippen LogP contribution is -2.45. The van der Waals surface area contributed by atoms with Crippen LogP contribution in [0.1, 0.15) is 17.2 Å². The molecule has 0 fully saturated rings. The molecule has 1 aromatic rings. The van der Waals surface area contributed by atoms with Gasteiger partial charge in [-0.25, -0.2) is 4.79 Å². The zero-order valence-electron chi connectivity index (χ0n) is 11.2. The van der Waals surface area contributed by atoms with Crippen LogP contribution in [0, 0.1) is 6.92 Å². The summed E-state index contributed by atoms with van der Waals surface area (Å²) in [4.78, 5) is 12.6. The van der Waals surface area contributed by atoms with Gasteiger partial charge in [-0.15, -0.1) is 0 Å². The van der Waals surface area contributed by atoms with Gasteiger partial charge in [0.05, 0.1) is 6.61 Å². The molecule has 2 amide bonds. The van der Waals surface area contributed by atoms with E-state index in [1.54, 1.807) is 13.0 Å². The monoisotopic (exact) mass is 290 g/mol. The number of alkyl halides is 3. The van der Waals surface area contributed by atoms with Crippen molar-refractivity contribution in [2.45, 2.75) is 19.1 Å². The minimum atomic E-state index is -4.59. The van der Waals surface area contributed by atoms with Crippen molar-refractivity contribution in [1.82, 2.24) is 10.2 Å². The van der Waals surface area contributed by atoms with Crippen molar-refractivity contribution in [2.24, 2.45) is 0 Å². The Labute approximate surface area is 115 Å². The normalized spacial score (nSPS) is 12.9. The van der Waals surface area contributed by atoms with Gasteiger partial charge in [0, 0.05) is 13.6 Å². The molecule has 0 aliphatic heterocycles. The Morgan fingerprint density at radius 3 is 2.60 bits per heavy atom. The van der Waals surface area contributed by atoms with E-state index in [2.05, 4.69) is 0 Å². The van der Waals surface area contributed by atoms with Crippen LogP contribution in [0.2, 0.25) is 0 Å². The van der Waals surface area contributed by atoms with Gasteiger partial charge in [-0.1, -0.05) is 29.8 Å². The third-order valence-electron chi connectivity index (χ3n) is 2.75. The van der Waals surface area contributed by atoms with Gasteiger partial charge >= 0.3 is 12.2 Å². The highest BCUT2D eigenvalue weighted by Crippen LogP contribution is 2.33. The summed E-state index contributed by atoms with van der Waals surface area (Å²) in [6.07, 6.45) is -4.59. The number of aliphatic hydroxyl groups is 1. The van der Waals surface area contributed by atoms with Crippen LogP contribution >= 0.6 is 0 Å². The van der Waals surface area contributed by atoms with Gasteiger partial charge in [-0.3, -0.25) is 0 Å². The lowest BCUT2D eigenvalue weighted by Gasteiger charge is -2.25. The highest BCUT2D eigenvalue weighted by atomic mass is 19.4. The summed E-state index contributed by atoms with van der Waals surface area (Å²) in [5.41, 5.74) is 0.651. The minimum absolute atomic E-state index is 0.0248. The highest BCUT2D eigenvalue weighted by Gasteiger charge is 2.42. The molecule has 1 atom stereocenters. The van der Waals surface area contributed by atoms with Gasteiger partial charge in [0.1, 0.15) is 0 Å². The SMILES string of the molecule is Cc1cccc(C(NC(=O)N(C)CCO)C(F)(F)F)c1. The second-order valence-electron chi connectivity index (χ2n) is 4.48. The summed E-state index contributed by atoms with van der Waals surface area (Å²) in [7, 11) is 1.31. The van der Waals surface area contributed by atoms with Gasteiger partial charge < -0.3 is 15.3 Å². The Bertz CT molecular complexity index is 463. The number of benzene rings is 1. The zero-order valence-corrected chi connectivity index (χ0v) is 11.2. The van der Waals surface area contributed by atoms with E-state index in [-0.39, 0.29) is 18.7 Å². The fraction of sp³-hybridized carbons (Fsp3) is 0.462. The standard InChI is InChI=1S/C13H17F3N2O2/c1-9-4-3-5-10(8-9)11(13(14,15)16)17-12(20)18(2)6-7-19/h3-5,8,11,19H,6-7H2,1-2H3,(H,17,20). The zero-order chi connectivity index (χ0) is 15.3. The lowest BCUT2D eigenvalue weighted by atomic mass is 10.0. The molecule has 7 heteroatoms. The molecule has 1 rings (SSSR count). The molecule has 2 N–H and O–H groups in total. The van der Waals surface area contributed by atoms with Crippen molar-refractivity contribution in [3.8, 4) is 0 Å². The number of nitrogens with one attached hydrogen (secondary N) is 1. The predicted octanol–water partition coefficient (Wildman–Crippen LogP) is 2.23. The maximum absolute atomic E-state index is 13.1. The molecule has 4 nitrogen and oxygen atoms in total.